The molecule has 3 rings (SSSR count). The van der Waals surface area contributed by atoms with Gasteiger partial charge < -0.3 is 21.3 Å². The highest BCUT2D eigenvalue weighted by molar-refractivity contribution is 7.80. The van der Waals surface area contributed by atoms with Crippen LogP contribution in [0.25, 0.3) is 0 Å². The number of benzene rings is 3. The van der Waals surface area contributed by atoms with E-state index in [1.54, 1.807) is 0 Å². The minimum atomic E-state index is -4.38. The molecule has 12 heteroatoms. The van der Waals surface area contributed by atoms with E-state index in [-0.39, 0.29) is 18.5 Å². The molecule has 0 bridgehead atoms. The highest BCUT2D eigenvalue weighted by atomic mass is 32.1. The van der Waals surface area contributed by atoms with Gasteiger partial charge in [-0.05, 0) is 81.9 Å². The average molecular weight is 627 g/mol. The summed E-state index contributed by atoms with van der Waals surface area (Å²) in [5.41, 5.74) is 2.84. The molecule has 226 valence electrons. The summed E-state index contributed by atoms with van der Waals surface area (Å²) >= 11 is 10.7. The number of nitrogens with one attached hydrogen (secondary N) is 4. The largest absolute Gasteiger partial charge is 0.416 e. The Morgan fingerprint density at radius 3 is 1.10 bits per heavy atom. The second kappa shape index (κ2) is 13.7. The molecule has 0 spiro atoms. The number of rotatable bonds is 8. The molecule has 0 radical (unpaired) electrons. The van der Waals surface area contributed by atoms with Crippen molar-refractivity contribution in [1.82, 2.24) is 21.3 Å². The zero-order valence-corrected chi connectivity index (χ0v) is 24.9. The molecule has 3 aromatic carbocycles. The maximum atomic E-state index is 12.8. The predicted octanol–water partition coefficient (Wildman–Crippen LogP) is 7.35. The fourth-order valence-corrected chi connectivity index (χ4v) is 4.17. The Balaban J connectivity index is 1.54. The van der Waals surface area contributed by atoms with Crippen LogP contribution in [0.5, 0.6) is 0 Å². The van der Waals surface area contributed by atoms with Gasteiger partial charge in [-0.25, -0.2) is 0 Å². The van der Waals surface area contributed by atoms with E-state index in [9.17, 15) is 26.3 Å². The van der Waals surface area contributed by atoms with Crippen LogP contribution in [0.15, 0.2) is 66.7 Å². The highest BCUT2D eigenvalue weighted by Gasteiger charge is 2.30. The number of hydrogen-bond donors (Lipinski definition) is 4. The molecule has 0 saturated carbocycles. The quantitative estimate of drug-likeness (QED) is 0.155. The first-order valence-corrected chi connectivity index (χ1v) is 13.8. The molecule has 0 heterocycles. The Morgan fingerprint density at radius 2 is 0.810 bits per heavy atom. The molecule has 0 saturated heterocycles. The maximum Gasteiger partial charge on any atom is 0.416 e. The van der Waals surface area contributed by atoms with Gasteiger partial charge in [0.1, 0.15) is 0 Å². The van der Waals surface area contributed by atoms with Gasteiger partial charge in [-0.15, -0.1) is 0 Å². The molecule has 0 aromatic heterocycles. The van der Waals surface area contributed by atoms with E-state index in [1.807, 2.05) is 6.07 Å². The summed E-state index contributed by atoms with van der Waals surface area (Å²) in [6, 6.07) is 16.0. The van der Waals surface area contributed by atoms with E-state index >= 15 is 0 Å². The van der Waals surface area contributed by atoms with Crippen LogP contribution in [0.4, 0.5) is 26.3 Å². The summed E-state index contributed by atoms with van der Waals surface area (Å²) in [6.45, 7) is 7.70. The van der Waals surface area contributed by atoms with Gasteiger partial charge in [0.25, 0.3) is 0 Å². The Morgan fingerprint density at radius 1 is 0.500 bits per heavy atom. The number of halogens is 6. The lowest BCUT2D eigenvalue weighted by molar-refractivity contribution is -0.138. The molecule has 42 heavy (non-hydrogen) atoms. The Labute approximate surface area is 252 Å². The summed E-state index contributed by atoms with van der Waals surface area (Å²) in [7, 11) is 0. The molecule has 4 N–H and O–H groups in total. The minimum absolute atomic E-state index is 0.132. The van der Waals surface area contributed by atoms with Crippen molar-refractivity contribution in [3.63, 3.8) is 0 Å². The zero-order valence-electron chi connectivity index (χ0n) is 23.3. The maximum absolute atomic E-state index is 12.8. The Bertz CT molecular complexity index is 1270. The van der Waals surface area contributed by atoms with Crippen LogP contribution in [-0.4, -0.2) is 10.2 Å². The molecule has 0 fully saturated rings. The number of alkyl halides is 6. The van der Waals surface area contributed by atoms with Gasteiger partial charge in [0.05, 0.1) is 11.1 Å². The summed E-state index contributed by atoms with van der Waals surface area (Å²) in [4.78, 5) is 0. The molecular formula is C30H32F6N4S2. The number of hydrogen-bond acceptors (Lipinski definition) is 2. The molecule has 0 aliphatic carbocycles. The van der Waals surface area contributed by atoms with E-state index in [0.29, 0.717) is 34.4 Å². The van der Waals surface area contributed by atoms with Gasteiger partial charge >= 0.3 is 12.4 Å². The van der Waals surface area contributed by atoms with Crippen LogP contribution in [0.1, 0.15) is 59.7 Å². The van der Waals surface area contributed by atoms with Crippen LogP contribution < -0.4 is 21.3 Å². The van der Waals surface area contributed by atoms with Gasteiger partial charge in [-0.1, -0.05) is 63.2 Å². The van der Waals surface area contributed by atoms with Crippen molar-refractivity contribution in [3.05, 3.63) is 106 Å². The molecule has 0 atom stereocenters. The van der Waals surface area contributed by atoms with Crippen LogP contribution in [0, 0.1) is 0 Å². The van der Waals surface area contributed by atoms with Crippen molar-refractivity contribution >= 4 is 34.7 Å². The molecule has 0 aliphatic heterocycles. The van der Waals surface area contributed by atoms with Gasteiger partial charge in [-0.2, -0.15) is 26.3 Å². The zero-order chi connectivity index (χ0) is 31.1. The molecule has 0 aliphatic rings. The Kier molecular flexibility index (Phi) is 10.8. The van der Waals surface area contributed by atoms with Crippen LogP contribution in [0.2, 0.25) is 0 Å². The van der Waals surface area contributed by atoms with Gasteiger partial charge in [0, 0.05) is 26.2 Å². The van der Waals surface area contributed by atoms with Crippen LogP contribution >= 0.6 is 24.4 Å². The molecule has 0 unspecified atom stereocenters. The first-order chi connectivity index (χ1) is 19.5. The van der Waals surface area contributed by atoms with Crippen molar-refractivity contribution in [1.29, 1.82) is 0 Å². The summed E-state index contributed by atoms with van der Waals surface area (Å²) in [5.74, 6) is 0. The summed E-state index contributed by atoms with van der Waals surface area (Å²) in [6.07, 6.45) is -8.76. The van der Waals surface area contributed by atoms with Crippen LogP contribution in [0.3, 0.4) is 0 Å². The lowest BCUT2D eigenvalue weighted by Crippen LogP contribution is -2.35. The average Bonchev–Trinajstić information content (AvgIpc) is 2.91. The fourth-order valence-electron chi connectivity index (χ4n) is 3.88. The lowest BCUT2D eigenvalue weighted by atomic mass is 9.85. The smallest absolute Gasteiger partial charge is 0.359 e. The van der Waals surface area contributed by atoms with Crippen molar-refractivity contribution in [2.75, 3.05) is 0 Å². The summed E-state index contributed by atoms with van der Waals surface area (Å²) in [5, 5.41) is 13.0. The first kappa shape index (κ1) is 33.1. The van der Waals surface area contributed by atoms with Gasteiger partial charge in [0.15, 0.2) is 10.2 Å². The van der Waals surface area contributed by atoms with Gasteiger partial charge in [0.2, 0.25) is 0 Å². The molecular weight excluding hydrogens is 594 g/mol. The normalized spacial score (nSPS) is 12.0. The third-order valence-corrected chi connectivity index (χ3v) is 6.87. The molecule has 0 amide bonds. The van der Waals surface area contributed by atoms with E-state index in [0.717, 1.165) is 41.0 Å². The van der Waals surface area contributed by atoms with E-state index < -0.39 is 23.5 Å². The molecule has 3 aromatic rings. The second-order valence-corrected chi connectivity index (χ2v) is 11.6. The van der Waals surface area contributed by atoms with Crippen molar-refractivity contribution in [3.8, 4) is 0 Å². The van der Waals surface area contributed by atoms with Crippen molar-refractivity contribution < 1.29 is 26.3 Å². The van der Waals surface area contributed by atoms with E-state index in [1.165, 1.54) is 24.3 Å². The summed E-state index contributed by atoms with van der Waals surface area (Å²) < 4.78 is 76.6. The second-order valence-electron chi connectivity index (χ2n) is 10.8. The minimum Gasteiger partial charge on any atom is -0.359 e. The van der Waals surface area contributed by atoms with Crippen molar-refractivity contribution in [2.24, 2.45) is 0 Å². The standard InChI is InChI=1S/C30H32F6N4S2/c1-28(2,3)25-13-21(17-39-26(41)37-15-19-4-8-23(9-5-19)29(31,32)33)12-22(14-25)18-40-27(42)38-16-20-6-10-24(11-7-20)30(34,35)36/h4-14H,15-18H2,1-3H3,(H2,37,39,41)(H2,38,40,42). The fraction of sp³-hybridized carbons (Fsp3) is 0.333. The third-order valence-electron chi connectivity index (χ3n) is 6.29. The Hall–Kier alpha value is -3.38. The lowest BCUT2D eigenvalue weighted by Gasteiger charge is -2.22. The number of thiocarbonyl (C=S) groups is 2. The van der Waals surface area contributed by atoms with E-state index in [2.05, 4.69) is 54.2 Å². The van der Waals surface area contributed by atoms with Crippen LogP contribution in [-0.2, 0) is 43.9 Å². The van der Waals surface area contributed by atoms with Gasteiger partial charge in [-0.3, -0.25) is 0 Å². The first-order valence-electron chi connectivity index (χ1n) is 13.0. The topological polar surface area (TPSA) is 48.1 Å². The SMILES string of the molecule is CC(C)(C)c1cc(CNC(=S)NCc2ccc(C(F)(F)F)cc2)cc(CNC(=S)NCc2ccc(C(F)(F)F)cc2)c1. The van der Waals surface area contributed by atoms with E-state index in [4.69, 9.17) is 24.4 Å². The predicted molar refractivity (Wildman–Crippen MR) is 161 cm³/mol. The monoisotopic (exact) mass is 626 g/mol. The molecule has 4 nitrogen and oxygen atoms in total. The third kappa shape index (κ3) is 10.5. The highest BCUT2D eigenvalue weighted by Crippen LogP contribution is 2.30. The van der Waals surface area contributed by atoms with Crippen molar-refractivity contribution in [2.45, 2.75) is 64.7 Å².